The minimum Gasteiger partial charge on any atom is -0.497 e. The third kappa shape index (κ3) is 5.28. The molecule has 0 aliphatic rings. The second kappa shape index (κ2) is 10.4. The van der Waals surface area contributed by atoms with Gasteiger partial charge in [-0.15, -0.1) is 11.6 Å². The molecule has 36 heavy (non-hydrogen) atoms. The summed E-state index contributed by atoms with van der Waals surface area (Å²) in [6.07, 6.45) is 0. The summed E-state index contributed by atoms with van der Waals surface area (Å²) in [7, 11) is -1.94. The highest BCUT2D eigenvalue weighted by molar-refractivity contribution is 7.91. The quantitative estimate of drug-likeness (QED) is 0.223. The first kappa shape index (κ1) is 25.8. The van der Waals surface area contributed by atoms with E-state index in [1.165, 1.54) is 0 Å². The number of aryl methyl sites for hydroxylation is 1. The number of hydrogen-bond acceptors (Lipinski definition) is 4. The Kier molecular flexibility index (Phi) is 7.43. The minimum absolute atomic E-state index is 0.216. The van der Waals surface area contributed by atoms with Crippen molar-refractivity contribution < 1.29 is 17.9 Å². The molecule has 186 valence electrons. The van der Waals surface area contributed by atoms with Crippen LogP contribution in [0.3, 0.4) is 0 Å². The first-order valence-corrected chi connectivity index (χ1v) is 13.6. The van der Waals surface area contributed by atoms with Crippen LogP contribution < -0.4 is 9.47 Å². The molecule has 4 aromatic carbocycles. The molecule has 0 amide bonds. The van der Waals surface area contributed by atoms with Gasteiger partial charge in [-0.25, -0.2) is 8.42 Å². The normalized spacial score (nSPS) is 11.8. The van der Waals surface area contributed by atoms with Crippen molar-refractivity contribution in [1.29, 1.82) is 0 Å². The molecule has 6 heteroatoms. The van der Waals surface area contributed by atoms with E-state index in [0.717, 1.165) is 28.0 Å². The van der Waals surface area contributed by atoms with Crippen LogP contribution in [-0.4, -0.2) is 15.5 Å². The van der Waals surface area contributed by atoms with E-state index in [2.05, 4.69) is 32.0 Å². The molecular weight excluding hydrogens is 492 g/mol. The summed E-state index contributed by atoms with van der Waals surface area (Å²) in [5.41, 5.74) is 3.87. The molecule has 4 rings (SSSR count). The van der Waals surface area contributed by atoms with Crippen molar-refractivity contribution in [2.75, 3.05) is 7.11 Å². The van der Waals surface area contributed by atoms with Crippen LogP contribution in [0.25, 0.3) is 0 Å². The lowest BCUT2D eigenvalue weighted by Gasteiger charge is -2.27. The van der Waals surface area contributed by atoms with Crippen molar-refractivity contribution >= 4 is 21.4 Å². The highest BCUT2D eigenvalue weighted by Gasteiger charge is 2.24. The van der Waals surface area contributed by atoms with Crippen LogP contribution in [0.15, 0.2) is 101 Å². The summed E-state index contributed by atoms with van der Waals surface area (Å²) in [4.78, 5) is 0.481. The second-order valence-electron chi connectivity index (χ2n) is 9.20. The van der Waals surface area contributed by atoms with E-state index < -0.39 is 9.84 Å². The summed E-state index contributed by atoms with van der Waals surface area (Å²) in [5, 5.41) is 0. The maximum absolute atomic E-state index is 12.9. The van der Waals surface area contributed by atoms with Crippen molar-refractivity contribution in [3.8, 4) is 17.2 Å². The van der Waals surface area contributed by atoms with Crippen LogP contribution in [0.1, 0.15) is 36.1 Å². The summed E-state index contributed by atoms with van der Waals surface area (Å²) >= 11 is 6.29. The van der Waals surface area contributed by atoms with Crippen molar-refractivity contribution in [3.05, 3.63) is 113 Å². The molecule has 0 unspecified atom stereocenters. The van der Waals surface area contributed by atoms with Crippen LogP contribution >= 0.6 is 11.6 Å². The number of benzene rings is 4. The van der Waals surface area contributed by atoms with Gasteiger partial charge in [-0.1, -0.05) is 49.7 Å². The summed E-state index contributed by atoms with van der Waals surface area (Å²) in [5.74, 6) is 2.26. The molecule has 0 bridgehead atoms. The number of alkyl halides is 1. The molecular formula is C30H29ClO4S. The predicted octanol–water partition coefficient (Wildman–Crippen LogP) is 7.69. The molecule has 0 radical (unpaired) electrons. The van der Waals surface area contributed by atoms with Gasteiger partial charge in [0, 0.05) is 11.0 Å². The predicted molar refractivity (Wildman–Crippen MR) is 144 cm³/mol. The largest absolute Gasteiger partial charge is 0.497 e. The third-order valence-electron chi connectivity index (χ3n) is 6.43. The van der Waals surface area contributed by atoms with E-state index in [9.17, 15) is 8.42 Å². The Labute approximate surface area is 218 Å². The van der Waals surface area contributed by atoms with Gasteiger partial charge < -0.3 is 9.47 Å². The molecule has 0 aliphatic carbocycles. The van der Waals surface area contributed by atoms with Crippen LogP contribution in [0.5, 0.6) is 17.2 Å². The topological polar surface area (TPSA) is 52.6 Å². The number of rotatable bonds is 8. The Bertz CT molecular complexity index is 1440. The van der Waals surface area contributed by atoms with E-state index in [1.807, 2.05) is 31.2 Å². The van der Waals surface area contributed by atoms with E-state index in [4.69, 9.17) is 21.1 Å². The van der Waals surface area contributed by atoms with Crippen molar-refractivity contribution in [2.24, 2.45) is 0 Å². The lowest BCUT2D eigenvalue weighted by atomic mass is 9.77. The van der Waals surface area contributed by atoms with Gasteiger partial charge in [-0.05, 0) is 78.7 Å². The van der Waals surface area contributed by atoms with Crippen molar-refractivity contribution in [2.45, 2.75) is 41.9 Å². The maximum atomic E-state index is 12.9. The Morgan fingerprint density at radius 1 is 0.750 bits per heavy atom. The Morgan fingerprint density at radius 2 is 1.28 bits per heavy atom. The molecule has 0 aromatic heterocycles. The first-order chi connectivity index (χ1) is 17.1. The number of hydrogen-bond donors (Lipinski definition) is 0. The maximum Gasteiger partial charge on any atom is 0.206 e. The van der Waals surface area contributed by atoms with Gasteiger partial charge in [0.2, 0.25) is 9.84 Å². The van der Waals surface area contributed by atoms with Gasteiger partial charge in [0.05, 0.1) is 22.8 Å². The van der Waals surface area contributed by atoms with Gasteiger partial charge in [-0.3, -0.25) is 0 Å². The minimum atomic E-state index is -3.60. The smallest absolute Gasteiger partial charge is 0.206 e. The second-order valence-corrected chi connectivity index (χ2v) is 11.4. The zero-order valence-corrected chi connectivity index (χ0v) is 22.4. The van der Waals surface area contributed by atoms with E-state index >= 15 is 0 Å². The number of halogens is 1. The van der Waals surface area contributed by atoms with E-state index in [0.29, 0.717) is 11.5 Å². The molecule has 0 N–H and O–H groups in total. The molecule has 0 spiro atoms. The lowest BCUT2D eigenvalue weighted by Crippen LogP contribution is -2.19. The number of methoxy groups -OCH3 is 1. The Balaban J connectivity index is 1.56. The zero-order valence-electron chi connectivity index (χ0n) is 20.8. The van der Waals surface area contributed by atoms with Crippen molar-refractivity contribution in [3.63, 3.8) is 0 Å². The van der Waals surface area contributed by atoms with Crippen LogP contribution in [0.4, 0.5) is 0 Å². The average Bonchev–Trinajstić information content (AvgIpc) is 2.89. The van der Waals surface area contributed by atoms with Gasteiger partial charge in [0.25, 0.3) is 0 Å². The molecule has 4 nitrogen and oxygen atoms in total. The van der Waals surface area contributed by atoms with Crippen LogP contribution in [0.2, 0.25) is 0 Å². The zero-order chi connectivity index (χ0) is 25.9. The molecule has 0 aliphatic heterocycles. The number of sulfone groups is 1. The highest BCUT2D eigenvalue weighted by atomic mass is 35.5. The van der Waals surface area contributed by atoms with Gasteiger partial charge >= 0.3 is 0 Å². The standard InChI is InChI=1S/C30H29ClO4S/c1-21-5-14-27(15-6-21)36(32,33)28-16-12-26(13-17-28)35-29-18-9-24(19-22(29)20-31)30(2,3)23-7-10-25(34-4)11-8-23/h5-19H,20H2,1-4H3. The average molecular weight is 521 g/mol. The fourth-order valence-corrected chi connectivity index (χ4v) is 5.48. The molecule has 0 atom stereocenters. The van der Waals surface area contributed by atoms with E-state index in [-0.39, 0.29) is 21.1 Å². The fraction of sp³-hybridized carbons (Fsp3) is 0.200. The lowest BCUT2D eigenvalue weighted by molar-refractivity contribution is 0.414. The highest BCUT2D eigenvalue weighted by Crippen LogP contribution is 2.36. The summed E-state index contributed by atoms with van der Waals surface area (Å²) in [6, 6.07) is 27.3. The molecule has 0 saturated heterocycles. The van der Waals surface area contributed by atoms with Crippen LogP contribution in [-0.2, 0) is 21.1 Å². The Morgan fingerprint density at radius 3 is 1.83 bits per heavy atom. The van der Waals surface area contributed by atoms with E-state index in [1.54, 1.807) is 55.6 Å². The summed E-state index contributed by atoms with van der Waals surface area (Å²) in [6.45, 7) is 6.25. The molecule has 4 aromatic rings. The third-order valence-corrected chi connectivity index (χ3v) is 8.50. The molecule has 0 fully saturated rings. The number of ether oxygens (including phenoxy) is 2. The van der Waals surface area contributed by atoms with Gasteiger partial charge in [0.1, 0.15) is 17.2 Å². The van der Waals surface area contributed by atoms with Crippen LogP contribution in [0, 0.1) is 6.92 Å². The van der Waals surface area contributed by atoms with Gasteiger partial charge in [-0.2, -0.15) is 0 Å². The van der Waals surface area contributed by atoms with Crippen molar-refractivity contribution in [1.82, 2.24) is 0 Å². The molecule has 0 heterocycles. The SMILES string of the molecule is COc1ccc(C(C)(C)c2ccc(Oc3ccc(S(=O)(=O)c4ccc(C)cc4)cc3)c(CCl)c2)cc1. The monoisotopic (exact) mass is 520 g/mol. The Hall–Kier alpha value is -3.28. The molecule has 0 saturated carbocycles. The summed E-state index contributed by atoms with van der Waals surface area (Å²) < 4.78 is 37.2. The first-order valence-electron chi connectivity index (χ1n) is 11.6. The van der Waals surface area contributed by atoms with Gasteiger partial charge in [0.15, 0.2) is 0 Å². The fourth-order valence-electron chi connectivity index (χ4n) is 4.01.